The molecule has 0 spiro atoms. The molecule has 106 heavy (non-hydrogen) atoms. The lowest BCUT2D eigenvalue weighted by molar-refractivity contribution is 0.669. The second-order valence-electron chi connectivity index (χ2n) is 28.2. The van der Waals surface area contributed by atoms with Crippen LogP contribution in [0.5, 0.6) is 0 Å². The van der Waals surface area contributed by atoms with Crippen LogP contribution in [0.3, 0.4) is 0 Å². The first-order chi connectivity index (χ1) is 52.6. The van der Waals surface area contributed by atoms with E-state index in [0.29, 0.717) is 0 Å². The minimum atomic E-state index is 0.900. The van der Waals surface area contributed by atoms with Crippen molar-refractivity contribution >= 4 is 174 Å². The summed E-state index contributed by atoms with van der Waals surface area (Å²) in [7, 11) is 0. The lowest BCUT2D eigenvalue weighted by Crippen LogP contribution is -1.95. The Labute approximate surface area is 606 Å². The van der Waals surface area contributed by atoms with E-state index < -0.39 is 0 Å². The molecule has 0 aliphatic carbocycles. The molecule has 0 radical (unpaired) electrons. The van der Waals surface area contributed by atoms with Crippen molar-refractivity contribution in [3.63, 3.8) is 0 Å². The monoisotopic (exact) mass is 1350 g/mol. The summed E-state index contributed by atoms with van der Waals surface area (Å²) in [6.07, 6.45) is 0. The number of rotatable bonds is 6. The van der Waals surface area contributed by atoms with Crippen LogP contribution < -0.4 is 0 Å². The molecule has 0 bridgehead atoms. The standard InChI is InChI=1S/2C50H30N2O/c1-2-12-33-28-36(23-20-31(33)10-1)51-45-17-7-5-15-38(45)42-29-34(21-26-46(42)51)35-22-27-47-43(30-35)40-24-25-41-39-16-6-8-19-48(39)53-50(41)49(40)52(47)44-18-9-13-32-11-3-4-14-37(32)44;1-2-12-33-28-36(23-20-31(33)10-1)51-44-17-7-5-15-38(44)41-29-34(21-25-45(41)51)35-22-26-46-42(30-35)39-24-27-48-49(40-16-6-8-19-47(40)53-48)50(39)52(46)43-18-9-13-32-11-3-4-14-37(32)43/h2*1-30H. The van der Waals surface area contributed by atoms with E-state index in [0.717, 1.165) is 66.3 Å². The quantitative estimate of drug-likeness (QED) is 0.167. The van der Waals surface area contributed by atoms with Crippen molar-refractivity contribution in [3.05, 3.63) is 364 Å². The van der Waals surface area contributed by atoms with Gasteiger partial charge >= 0.3 is 0 Å². The van der Waals surface area contributed by atoms with Crippen LogP contribution in [0.15, 0.2) is 373 Å². The highest BCUT2D eigenvalue weighted by atomic mass is 16.3. The predicted octanol–water partition coefficient (Wildman–Crippen LogP) is 27.5. The fourth-order valence-corrected chi connectivity index (χ4v) is 17.8. The van der Waals surface area contributed by atoms with Crippen molar-refractivity contribution in [3.8, 4) is 45.0 Å². The van der Waals surface area contributed by atoms with Crippen LogP contribution in [0.4, 0.5) is 0 Å². The summed E-state index contributed by atoms with van der Waals surface area (Å²) < 4.78 is 22.8. The fraction of sp³-hybridized carbons (Fsp3) is 0. The molecule has 0 aliphatic heterocycles. The molecule has 0 amide bonds. The molecular formula is C100H60N4O2. The van der Waals surface area contributed by atoms with Gasteiger partial charge in [0.05, 0.1) is 60.9 Å². The van der Waals surface area contributed by atoms with Gasteiger partial charge in [0, 0.05) is 81.4 Å². The van der Waals surface area contributed by atoms with Crippen molar-refractivity contribution in [1.82, 2.24) is 18.3 Å². The molecule has 0 saturated carbocycles. The molecule has 6 aromatic heterocycles. The van der Waals surface area contributed by atoms with E-state index in [9.17, 15) is 0 Å². The normalized spacial score (nSPS) is 12.2. The lowest BCUT2D eigenvalue weighted by atomic mass is 10.00. The molecule has 0 unspecified atom stereocenters. The average molecular weight is 1350 g/mol. The zero-order chi connectivity index (χ0) is 69.2. The maximum atomic E-state index is 6.71. The van der Waals surface area contributed by atoms with Gasteiger partial charge in [-0.2, -0.15) is 0 Å². The number of hydrogen-bond acceptors (Lipinski definition) is 2. The highest BCUT2D eigenvalue weighted by Crippen LogP contribution is 2.47. The van der Waals surface area contributed by atoms with E-state index >= 15 is 0 Å². The Morgan fingerprint density at radius 1 is 0.179 bits per heavy atom. The molecule has 0 atom stereocenters. The molecule has 18 aromatic carbocycles. The first-order valence-electron chi connectivity index (χ1n) is 36.4. The Kier molecular flexibility index (Phi) is 12.5. The van der Waals surface area contributed by atoms with Crippen molar-refractivity contribution in [2.24, 2.45) is 0 Å². The maximum absolute atomic E-state index is 6.71. The van der Waals surface area contributed by atoms with E-state index in [1.807, 2.05) is 12.1 Å². The Bertz CT molecular complexity index is 7840. The number of fused-ring (bicyclic) bond motifs is 24. The molecule has 0 N–H and O–H groups in total. The molecule has 492 valence electrons. The highest BCUT2D eigenvalue weighted by molar-refractivity contribution is 6.26. The zero-order valence-corrected chi connectivity index (χ0v) is 57.2. The van der Waals surface area contributed by atoms with Crippen LogP contribution in [0.1, 0.15) is 0 Å². The number of para-hydroxylation sites is 4. The van der Waals surface area contributed by atoms with Crippen molar-refractivity contribution < 1.29 is 8.83 Å². The van der Waals surface area contributed by atoms with Crippen molar-refractivity contribution in [2.45, 2.75) is 0 Å². The van der Waals surface area contributed by atoms with Gasteiger partial charge in [-0.3, -0.25) is 0 Å². The Hall–Kier alpha value is -14.2. The van der Waals surface area contributed by atoms with E-state index in [1.54, 1.807) is 0 Å². The number of aromatic nitrogens is 4. The van der Waals surface area contributed by atoms with Gasteiger partial charge in [-0.1, -0.05) is 237 Å². The van der Waals surface area contributed by atoms with Gasteiger partial charge in [0.25, 0.3) is 0 Å². The van der Waals surface area contributed by atoms with E-state index in [1.165, 1.54) is 153 Å². The van der Waals surface area contributed by atoms with Crippen molar-refractivity contribution in [2.75, 3.05) is 0 Å². The number of nitrogens with zero attached hydrogens (tertiary/aromatic N) is 4. The van der Waals surface area contributed by atoms with Crippen LogP contribution in [-0.4, -0.2) is 18.3 Å². The molecule has 6 heterocycles. The van der Waals surface area contributed by atoms with Crippen LogP contribution >= 0.6 is 0 Å². The molecule has 24 aromatic rings. The highest BCUT2D eigenvalue weighted by Gasteiger charge is 2.25. The van der Waals surface area contributed by atoms with Crippen LogP contribution in [-0.2, 0) is 0 Å². The molecule has 0 aliphatic rings. The fourth-order valence-electron chi connectivity index (χ4n) is 17.8. The minimum Gasteiger partial charge on any atom is -0.456 e. The summed E-state index contributed by atoms with van der Waals surface area (Å²) in [6.45, 7) is 0. The molecule has 0 saturated heterocycles. The third-order valence-corrected chi connectivity index (χ3v) is 22.5. The second kappa shape index (κ2) is 22.6. The van der Waals surface area contributed by atoms with Gasteiger partial charge < -0.3 is 27.1 Å². The van der Waals surface area contributed by atoms with Gasteiger partial charge in [0.15, 0.2) is 5.58 Å². The minimum absolute atomic E-state index is 0.900. The zero-order valence-electron chi connectivity index (χ0n) is 57.2. The Morgan fingerprint density at radius 3 is 1.08 bits per heavy atom. The topological polar surface area (TPSA) is 46.0 Å². The summed E-state index contributed by atoms with van der Waals surface area (Å²) in [5.74, 6) is 0. The van der Waals surface area contributed by atoms with Gasteiger partial charge in [0.1, 0.15) is 16.7 Å². The van der Waals surface area contributed by atoms with E-state index in [4.69, 9.17) is 8.83 Å². The average Bonchev–Trinajstić information content (AvgIpc) is 1.56. The van der Waals surface area contributed by atoms with Gasteiger partial charge in [-0.05, 0) is 182 Å². The van der Waals surface area contributed by atoms with E-state index in [2.05, 4.69) is 370 Å². The molecule has 6 heteroatoms. The number of hydrogen-bond donors (Lipinski definition) is 0. The summed E-state index contributed by atoms with van der Waals surface area (Å²) in [5, 5.41) is 24.2. The SMILES string of the molecule is c1ccc2cc(-n3c4ccccc4c4cc(-c5ccc6c(c5)c5ccc7c8ccccc8oc7c5n6-c5cccc6ccccc56)ccc43)ccc2c1.c1ccc2cc(-n3c4ccccc4c4cc(-c5ccc6c(c5)c5ccc7oc8ccccc8c7c5n6-c5cccc6ccccc56)ccc43)ccc2c1. The summed E-state index contributed by atoms with van der Waals surface area (Å²) >= 11 is 0. The smallest absolute Gasteiger partial charge is 0.160 e. The number of benzene rings is 18. The number of furan rings is 2. The Morgan fingerprint density at radius 2 is 0.547 bits per heavy atom. The lowest BCUT2D eigenvalue weighted by Gasteiger charge is -2.12. The second-order valence-corrected chi connectivity index (χ2v) is 28.2. The first kappa shape index (κ1) is 58.4. The van der Waals surface area contributed by atoms with Crippen LogP contribution in [0.25, 0.3) is 219 Å². The first-order valence-corrected chi connectivity index (χ1v) is 36.4. The van der Waals surface area contributed by atoms with Gasteiger partial charge in [-0.25, -0.2) is 0 Å². The third-order valence-electron chi connectivity index (χ3n) is 22.5. The van der Waals surface area contributed by atoms with Gasteiger partial charge in [-0.15, -0.1) is 0 Å². The largest absolute Gasteiger partial charge is 0.456 e. The predicted molar refractivity (Wildman–Crippen MR) is 446 cm³/mol. The third kappa shape index (κ3) is 8.67. The summed E-state index contributed by atoms with van der Waals surface area (Å²) in [5.41, 5.74) is 22.4. The van der Waals surface area contributed by atoms with Crippen LogP contribution in [0, 0.1) is 0 Å². The molecular weight excluding hydrogens is 1290 g/mol. The van der Waals surface area contributed by atoms with Crippen LogP contribution in [0.2, 0.25) is 0 Å². The van der Waals surface area contributed by atoms with Gasteiger partial charge in [0.2, 0.25) is 0 Å². The molecule has 24 rings (SSSR count). The maximum Gasteiger partial charge on any atom is 0.160 e. The Balaban J connectivity index is 0.000000129. The van der Waals surface area contributed by atoms with E-state index in [-0.39, 0.29) is 0 Å². The molecule has 0 fully saturated rings. The summed E-state index contributed by atoms with van der Waals surface area (Å²) in [4.78, 5) is 0. The summed E-state index contributed by atoms with van der Waals surface area (Å²) in [6, 6.07) is 132. The van der Waals surface area contributed by atoms with Crippen molar-refractivity contribution in [1.29, 1.82) is 0 Å². The molecule has 6 nitrogen and oxygen atoms in total.